The molecule has 0 aromatic heterocycles. The molecule has 0 amide bonds. The minimum atomic E-state index is -0.756. The highest BCUT2D eigenvalue weighted by Crippen LogP contribution is 2.20. The minimum absolute atomic E-state index is 0.172. The van der Waals surface area contributed by atoms with E-state index in [1.807, 2.05) is 6.92 Å². The largest absolute Gasteiger partial charge is 0.481 e. The van der Waals surface area contributed by atoms with Crippen molar-refractivity contribution in [3.05, 3.63) is 0 Å². The summed E-state index contributed by atoms with van der Waals surface area (Å²) >= 11 is 0. The molecule has 1 saturated heterocycles. The quantitative estimate of drug-likeness (QED) is 0.625. The average Bonchev–Trinajstić information content (AvgIpc) is 2.35. The lowest BCUT2D eigenvalue weighted by atomic mass is 9.90. The summed E-state index contributed by atoms with van der Waals surface area (Å²) in [6, 6.07) is 0.357. The smallest absolute Gasteiger partial charge is 0.304 e. The van der Waals surface area contributed by atoms with E-state index in [0.717, 1.165) is 32.5 Å². The summed E-state index contributed by atoms with van der Waals surface area (Å²) in [6.07, 6.45) is 1.95. The van der Waals surface area contributed by atoms with Gasteiger partial charge in [0.05, 0.1) is 12.5 Å². The number of nitrogens with one attached hydrogen (secondary N) is 1. The lowest BCUT2D eigenvalue weighted by Gasteiger charge is -2.39. The summed E-state index contributed by atoms with van der Waals surface area (Å²) in [5.74, 6) is 0.157. The van der Waals surface area contributed by atoms with Gasteiger partial charge in [-0.05, 0) is 38.1 Å². The first-order chi connectivity index (χ1) is 9.38. The topological polar surface area (TPSA) is 72.8 Å². The summed E-state index contributed by atoms with van der Waals surface area (Å²) in [4.78, 5) is 12.9. The molecule has 1 aliphatic rings. The number of aliphatic hydroxyl groups excluding tert-OH is 1. The van der Waals surface area contributed by atoms with Gasteiger partial charge in [0.2, 0.25) is 0 Å². The number of hydrogen-bond acceptors (Lipinski definition) is 4. The molecular formula is C15H30N2O3. The number of carboxylic acid groups (broad SMARTS) is 1. The third-order valence-electron chi connectivity index (χ3n) is 4.04. The van der Waals surface area contributed by atoms with Crippen LogP contribution in [0.5, 0.6) is 0 Å². The lowest BCUT2D eigenvalue weighted by Crippen LogP contribution is -2.52. The standard InChI is InChI=1S/C15H30N2O3/c1-11(2)4-6-16-14-8-13(12(3)18)9-17(10-14)7-5-15(19)20/h11-14,16,18H,4-10H2,1-3H3,(H,19,20). The predicted molar refractivity (Wildman–Crippen MR) is 79.7 cm³/mol. The fourth-order valence-electron chi connectivity index (χ4n) is 2.74. The van der Waals surface area contributed by atoms with Gasteiger partial charge in [-0.25, -0.2) is 0 Å². The van der Waals surface area contributed by atoms with Crippen LogP contribution in [0, 0.1) is 11.8 Å². The van der Waals surface area contributed by atoms with Crippen LogP contribution in [0.4, 0.5) is 0 Å². The van der Waals surface area contributed by atoms with Gasteiger partial charge >= 0.3 is 5.97 Å². The highest BCUT2D eigenvalue weighted by molar-refractivity contribution is 5.66. The fraction of sp³-hybridized carbons (Fsp3) is 0.933. The van der Waals surface area contributed by atoms with E-state index in [0.29, 0.717) is 18.5 Å². The maximum absolute atomic E-state index is 10.7. The molecule has 20 heavy (non-hydrogen) atoms. The second kappa shape index (κ2) is 8.60. The second-order valence-electron chi connectivity index (χ2n) is 6.47. The summed E-state index contributed by atoms with van der Waals surface area (Å²) in [5.41, 5.74) is 0. The van der Waals surface area contributed by atoms with Gasteiger partial charge in [0.1, 0.15) is 0 Å². The van der Waals surface area contributed by atoms with Crippen LogP contribution in [0.15, 0.2) is 0 Å². The molecule has 0 spiro atoms. The Kier molecular flexibility index (Phi) is 7.48. The molecule has 3 unspecified atom stereocenters. The van der Waals surface area contributed by atoms with E-state index in [1.165, 1.54) is 0 Å². The van der Waals surface area contributed by atoms with Crippen molar-refractivity contribution < 1.29 is 15.0 Å². The van der Waals surface area contributed by atoms with Crippen molar-refractivity contribution in [3.63, 3.8) is 0 Å². The van der Waals surface area contributed by atoms with Gasteiger partial charge in [-0.3, -0.25) is 4.79 Å². The normalized spacial score (nSPS) is 25.9. The first kappa shape index (κ1) is 17.4. The van der Waals surface area contributed by atoms with Crippen LogP contribution in [0.25, 0.3) is 0 Å². The molecule has 3 N–H and O–H groups in total. The van der Waals surface area contributed by atoms with Gasteiger partial charge in [0.25, 0.3) is 0 Å². The van der Waals surface area contributed by atoms with Crippen LogP contribution in [0.3, 0.4) is 0 Å². The van der Waals surface area contributed by atoms with Crippen molar-refractivity contribution in [3.8, 4) is 0 Å². The number of rotatable bonds is 8. The molecule has 0 bridgehead atoms. The average molecular weight is 286 g/mol. The number of likely N-dealkylation sites (tertiary alicyclic amines) is 1. The van der Waals surface area contributed by atoms with E-state index in [4.69, 9.17) is 5.11 Å². The van der Waals surface area contributed by atoms with Gasteiger partial charge in [0, 0.05) is 25.7 Å². The highest BCUT2D eigenvalue weighted by Gasteiger charge is 2.29. The minimum Gasteiger partial charge on any atom is -0.481 e. The van der Waals surface area contributed by atoms with Crippen molar-refractivity contribution >= 4 is 5.97 Å². The Labute approximate surface area is 122 Å². The van der Waals surface area contributed by atoms with Crippen molar-refractivity contribution in [1.29, 1.82) is 0 Å². The van der Waals surface area contributed by atoms with Crippen LogP contribution in [-0.2, 0) is 4.79 Å². The monoisotopic (exact) mass is 286 g/mol. The molecule has 118 valence electrons. The maximum Gasteiger partial charge on any atom is 0.304 e. The first-order valence-corrected chi connectivity index (χ1v) is 7.74. The molecule has 0 saturated carbocycles. The number of carbonyl (C=O) groups is 1. The van der Waals surface area contributed by atoms with Crippen LogP contribution in [-0.4, -0.2) is 59.4 Å². The van der Waals surface area contributed by atoms with E-state index in [-0.39, 0.29) is 18.4 Å². The molecule has 1 aliphatic heterocycles. The number of aliphatic carboxylic acids is 1. The summed E-state index contributed by atoms with van der Waals surface area (Å²) in [7, 11) is 0. The van der Waals surface area contributed by atoms with Gasteiger partial charge in [0.15, 0.2) is 0 Å². The molecular weight excluding hydrogens is 256 g/mol. The van der Waals surface area contributed by atoms with Crippen LogP contribution >= 0.6 is 0 Å². The van der Waals surface area contributed by atoms with E-state index < -0.39 is 5.97 Å². The molecule has 1 rings (SSSR count). The Bertz CT molecular complexity index is 295. The Hall–Kier alpha value is -0.650. The third kappa shape index (κ3) is 6.68. The van der Waals surface area contributed by atoms with Gasteiger partial charge in [-0.15, -0.1) is 0 Å². The zero-order valence-electron chi connectivity index (χ0n) is 13.0. The van der Waals surface area contributed by atoms with Crippen molar-refractivity contribution in [2.45, 2.75) is 52.2 Å². The van der Waals surface area contributed by atoms with Gasteiger partial charge in [-0.1, -0.05) is 13.8 Å². The number of hydrogen-bond donors (Lipinski definition) is 3. The first-order valence-electron chi connectivity index (χ1n) is 7.74. The Morgan fingerprint density at radius 2 is 2.05 bits per heavy atom. The van der Waals surface area contributed by atoms with Crippen LogP contribution in [0.2, 0.25) is 0 Å². The van der Waals surface area contributed by atoms with Crippen LogP contribution in [0.1, 0.15) is 40.0 Å². The lowest BCUT2D eigenvalue weighted by molar-refractivity contribution is -0.137. The molecule has 0 aliphatic carbocycles. The van der Waals surface area contributed by atoms with Crippen molar-refractivity contribution in [2.75, 3.05) is 26.2 Å². The molecule has 1 heterocycles. The summed E-state index contributed by atoms with van der Waals surface area (Å²) in [6.45, 7) is 9.49. The van der Waals surface area contributed by atoms with E-state index >= 15 is 0 Å². The predicted octanol–water partition coefficient (Wildman–Crippen LogP) is 1.17. The number of nitrogens with zero attached hydrogens (tertiary/aromatic N) is 1. The van der Waals surface area contributed by atoms with Crippen LogP contribution < -0.4 is 5.32 Å². The summed E-state index contributed by atoms with van der Waals surface area (Å²) in [5, 5.41) is 22.2. The summed E-state index contributed by atoms with van der Waals surface area (Å²) < 4.78 is 0. The SMILES string of the molecule is CC(C)CCNC1CC(C(C)O)CN(CCC(=O)O)C1. The zero-order valence-corrected chi connectivity index (χ0v) is 13.0. The molecule has 3 atom stereocenters. The molecule has 1 fully saturated rings. The van der Waals surface area contributed by atoms with E-state index in [2.05, 4.69) is 24.1 Å². The fourth-order valence-corrected chi connectivity index (χ4v) is 2.74. The molecule has 0 aromatic rings. The zero-order chi connectivity index (χ0) is 15.1. The second-order valence-corrected chi connectivity index (χ2v) is 6.47. The van der Waals surface area contributed by atoms with E-state index in [9.17, 15) is 9.90 Å². The highest BCUT2D eigenvalue weighted by atomic mass is 16.4. The number of aliphatic hydroxyl groups is 1. The molecule has 0 aromatic carbocycles. The number of carboxylic acids is 1. The Morgan fingerprint density at radius 1 is 1.35 bits per heavy atom. The third-order valence-corrected chi connectivity index (χ3v) is 4.04. The maximum atomic E-state index is 10.7. The Balaban J connectivity index is 2.45. The van der Waals surface area contributed by atoms with Crippen molar-refractivity contribution in [1.82, 2.24) is 10.2 Å². The van der Waals surface area contributed by atoms with Gasteiger partial charge < -0.3 is 20.4 Å². The Morgan fingerprint density at radius 3 is 2.60 bits per heavy atom. The molecule has 0 radical (unpaired) electrons. The van der Waals surface area contributed by atoms with E-state index in [1.54, 1.807) is 0 Å². The molecule has 5 nitrogen and oxygen atoms in total. The van der Waals surface area contributed by atoms with Gasteiger partial charge in [-0.2, -0.15) is 0 Å². The van der Waals surface area contributed by atoms with Crippen molar-refractivity contribution in [2.24, 2.45) is 11.8 Å². The molecule has 5 heteroatoms. The number of piperidine rings is 1.